The number of ether oxygens (including phenoxy) is 2. The van der Waals surface area contributed by atoms with Crippen LogP contribution in [0.5, 0.6) is 0 Å². The molecular formula is C30H37ClN4O4Si. The minimum Gasteiger partial charge on any atom is -0.441 e. The van der Waals surface area contributed by atoms with Crippen LogP contribution in [-0.2, 0) is 13.9 Å². The van der Waals surface area contributed by atoms with E-state index in [0.717, 1.165) is 10.4 Å². The Morgan fingerprint density at radius 2 is 1.57 bits per heavy atom. The topological polar surface area (TPSA) is 77.0 Å². The SMILES string of the molecule is CC(C)(C)C(O[SiH](c1ccccc1)c1ccccc1)[C@@H]1N(c2cc(Cl)nc(N3CCOCC3)n2)C(=O)OC1(C)C. The van der Waals surface area contributed by atoms with Crippen molar-refractivity contribution in [1.82, 2.24) is 9.97 Å². The molecule has 0 aliphatic carbocycles. The fraction of sp³-hybridized carbons (Fsp3) is 0.433. The van der Waals surface area contributed by atoms with Gasteiger partial charge in [-0.15, -0.1) is 0 Å². The lowest BCUT2D eigenvalue weighted by atomic mass is 9.79. The summed E-state index contributed by atoms with van der Waals surface area (Å²) in [4.78, 5) is 26.5. The highest BCUT2D eigenvalue weighted by atomic mass is 35.5. The lowest BCUT2D eigenvalue weighted by molar-refractivity contribution is -0.00543. The quantitative estimate of drug-likeness (QED) is 0.308. The number of rotatable bonds is 7. The second kappa shape index (κ2) is 11.5. The second-order valence-electron chi connectivity index (χ2n) is 11.9. The van der Waals surface area contributed by atoms with E-state index in [-0.39, 0.29) is 10.6 Å². The van der Waals surface area contributed by atoms with Crippen molar-refractivity contribution < 1.29 is 18.7 Å². The van der Waals surface area contributed by atoms with Crippen molar-refractivity contribution in [3.8, 4) is 0 Å². The molecule has 2 fully saturated rings. The summed E-state index contributed by atoms with van der Waals surface area (Å²) in [5, 5.41) is 2.59. The predicted octanol–water partition coefficient (Wildman–Crippen LogP) is 4.04. The number of cyclic esters (lactones) is 1. The highest BCUT2D eigenvalue weighted by Gasteiger charge is 2.56. The molecule has 3 heterocycles. The molecule has 0 bridgehead atoms. The summed E-state index contributed by atoms with van der Waals surface area (Å²) in [7, 11) is -2.18. The molecule has 0 radical (unpaired) electrons. The van der Waals surface area contributed by atoms with Gasteiger partial charge < -0.3 is 18.8 Å². The van der Waals surface area contributed by atoms with Gasteiger partial charge in [0.25, 0.3) is 0 Å². The van der Waals surface area contributed by atoms with Crippen LogP contribution in [0.3, 0.4) is 0 Å². The summed E-state index contributed by atoms with van der Waals surface area (Å²) in [5.41, 5.74) is -1.22. The number of halogens is 1. The van der Waals surface area contributed by atoms with E-state index in [2.05, 4.69) is 50.0 Å². The number of anilines is 2. The van der Waals surface area contributed by atoms with Crippen molar-refractivity contribution in [3.05, 3.63) is 71.9 Å². The van der Waals surface area contributed by atoms with Crippen LogP contribution in [0, 0.1) is 5.41 Å². The van der Waals surface area contributed by atoms with Crippen LogP contribution in [0.15, 0.2) is 66.7 Å². The summed E-state index contributed by atoms with van der Waals surface area (Å²) in [6.45, 7) is 12.8. The Kier molecular flexibility index (Phi) is 8.19. The lowest BCUT2D eigenvalue weighted by Crippen LogP contribution is -2.60. The highest BCUT2D eigenvalue weighted by Crippen LogP contribution is 2.42. The summed E-state index contributed by atoms with van der Waals surface area (Å²) < 4.78 is 18.7. The van der Waals surface area contributed by atoms with Gasteiger partial charge in [0.1, 0.15) is 22.6 Å². The molecule has 2 atom stereocenters. The predicted molar refractivity (Wildman–Crippen MR) is 161 cm³/mol. The summed E-state index contributed by atoms with van der Waals surface area (Å²) in [6.07, 6.45) is -0.875. The molecule has 1 aromatic heterocycles. The Bertz CT molecular complexity index is 1280. The molecule has 0 saturated carbocycles. The van der Waals surface area contributed by atoms with Crippen molar-refractivity contribution in [2.24, 2.45) is 5.41 Å². The maximum absolute atomic E-state index is 13.6. The molecule has 2 aromatic carbocycles. The van der Waals surface area contributed by atoms with E-state index in [9.17, 15) is 4.79 Å². The van der Waals surface area contributed by atoms with Crippen LogP contribution in [0.1, 0.15) is 34.6 Å². The normalized spacial score (nSPS) is 20.1. The number of morpholine rings is 1. The molecule has 10 heteroatoms. The smallest absolute Gasteiger partial charge is 0.416 e. The molecule has 40 heavy (non-hydrogen) atoms. The lowest BCUT2D eigenvalue weighted by Gasteiger charge is -2.43. The van der Waals surface area contributed by atoms with Crippen LogP contribution < -0.4 is 20.2 Å². The van der Waals surface area contributed by atoms with Crippen molar-refractivity contribution in [1.29, 1.82) is 0 Å². The number of hydrogen-bond donors (Lipinski definition) is 0. The molecule has 1 unspecified atom stereocenters. The number of benzene rings is 2. The van der Waals surface area contributed by atoms with Gasteiger partial charge in [-0.2, -0.15) is 4.98 Å². The highest BCUT2D eigenvalue weighted by molar-refractivity contribution is 6.80. The molecule has 8 nitrogen and oxygen atoms in total. The zero-order chi connectivity index (χ0) is 28.5. The van der Waals surface area contributed by atoms with E-state index < -0.39 is 32.9 Å². The van der Waals surface area contributed by atoms with Crippen LogP contribution in [0.25, 0.3) is 0 Å². The number of aromatic nitrogens is 2. The van der Waals surface area contributed by atoms with Crippen molar-refractivity contribution in [2.75, 3.05) is 36.1 Å². The van der Waals surface area contributed by atoms with Gasteiger partial charge in [0, 0.05) is 19.2 Å². The van der Waals surface area contributed by atoms with Gasteiger partial charge in [0.15, 0.2) is 0 Å². The number of hydrogen-bond acceptors (Lipinski definition) is 7. The van der Waals surface area contributed by atoms with E-state index >= 15 is 0 Å². The third-order valence-electron chi connectivity index (χ3n) is 7.38. The van der Waals surface area contributed by atoms with Crippen molar-refractivity contribution in [2.45, 2.75) is 52.4 Å². The Balaban J connectivity index is 1.58. The van der Waals surface area contributed by atoms with E-state index in [1.807, 2.05) is 55.1 Å². The molecule has 1 amide bonds. The first kappa shape index (κ1) is 28.5. The largest absolute Gasteiger partial charge is 0.441 e. The van der Waals surface area contributed by atoms with Crippen LogP contribution in [0.2, 0.25) is 5.15 Å². The minimum absolute atomic E-state index is 0.261. The molecule has 2 aliphatic rings. The first-order valence-corrected chi connectivity index (χ1v) is 15.7. The number of nitrogens with zero attached hydrogens (tertiary/aromatic N) is 4. The van der Waals surface area contributed by atoms with Gasteiger partial charge in [0.2, 0.25) is 15.0 Å². The molecule has 3 aromatic rings. The van der Waals surface area contributed by atoms with E-state index in [0.29, 0.717) is 38.1 Å². The monoisotopic (exact) mass is 580 g/mol. The van der Waals surface area contributed by atoms with E-state index in [4.69, 9.17) is 30.5 Å². The first-order valence-electron chi connectivity index (χ1n) is 13.7. The van der Waals surface area contributed by atoms with Gasteiger partial charge in [-0.1, -0.05) is 93.0 Å². The standard InChI is InChI=1S/C30H37ClN4O4Si/c1-29(2,3)26(39-40(21-12-8-6-9-13-21)22-14-10-7-11-15-22)25-30(4,5)38-28(36)35(25)24-20-23(31)32-27(33-24)34-16-18-37-19-17-34/h6-15,20,25-26,40H,16-19H2,1-5H3/t25-,26?/m0/s1. The van der Waals surface area contributed by atoms with Gasteiger partial charge in [-0.25, -0.2) is 9.78 Å². The van der Waals surface area contributed by atoms with E-state index in [1.54, 1.807) is 11.0 Å². The van der Waals surface area contributed by atoms with Crippen molar-refractivity contribution in [3.63, 3.8) is 0 Å². The summed E-state index contributed by atoms with van der Waals surface area (Å²) in [6, 6.07) is 21.9. The minimum atomic E-state index is -2.18. The van der Waals surface area contributed by atoms with Crippen molar-refractivity contribution >= 4 is 48.9 Å². The van der Waals surface area contributed by atoms with Crippen LogP contribution in [-0.4, -0.2) is 69.2 Å². The maximum Gasteiger partial charge on any atom is 0.416 e. The fourth-order valence-electron chi connectivity index (χ4n) is 5.42. The average molecular weight is 581 g/mol. The van der Waals surface area contributed by atoms with Crippen LogP contribution in [0.4, 0.5) is 16.6 Å². The molecule has 5 rings (SSSR count). The summed E-state index contributed by atoms with van der Waals surface area (Å²) in [5.74, 6) is 0.869. The molecule has 0 N–H and O–H groups in total. The number of carbonyl (C=O) groups is 1. The third kappa shape index (κ3) is 6.02. The number of carbonyl (C=O) groups excluding carboxylic acids is 1. The van der Waals surface area contributed by atoms with Gasteiger partial charge in [-0.3, -0.25) is 4.90 Å². The van der Waals surface area contributed by atoms with E-state index in [1.165, 1.54) is 0 Å². The van der Waals surface area contributed by atoms with Gasteiger partial charge >= 0.3 is 6.09 Å². The molecule has 2 aliphatic heterocycles. The fourth-order valence-corrected chi connectivity index (χ4v) is 8.29. The summed E-state index contributed by atoms with van der Waals surface area (Å²) >= 11 is 6.52. The first-order chi connectivity index (χ1) is 19.0. The Morgan fingerprint density at radius 1 is 1.00 bits per heavy atom. The number of amides is 1. The molecular weight excluding hydrogens is 544 g/mol. The Hall–Kier alpha value is -2.98. The Labute approximate surface area is 243 Å². The van der Waals surface area contributed by atoms with Crippen LogP contribution >= 0.6 is 11.6 Å². The van der Waals surface area contributed by atoms with Gasteiger partial charge in [-0.05, 0) is 29.6 Å². The zero-order valence-electron chi connectivity index (χ0n) is 23.7. The zero-order valence-corrected chi connectivity index (χ0v) is 25.6. The maximum atomic E-state index is 13.6. The second-order valence-corrected chi connectivity index (χ2v) is 14.6. The molecule has 0 spiro atoms. The third-order valence-corrected chi connectivity index (χ3v) is 10.1. The van der Waals surface area contributed by atoms with Gasteiger partial charge in [0.05, 0.1) is 19.3 Å². The average Bonchev–Trinajstić information content (AvgIpc) is 3.17. The molecule has 2 saturated heterocycles. The molecule has 212 valence electrons. The Morgan fingerprint density at radius 3 is 2.12 bits per heavy atom.